The van der Waals surface area contributed by atoms with E-state index in [1.54, 1.807) is 30.1 Å². The van der Waals surface area contributed by atoms with E-state index in [9.17, 15) is 5.11 Å². The lowest BCUT2D eigenvalue weighted by Gasteiger charge is -2.28. The molecular formula is C18H19N3OS. The molecule has 2 aromatic rings. The Balaban J connectivity index is 1.72. The molecule has 1 N–H and O–H groups in total. The van der Waals surface area contributed by atoms with Crippen molar-refractivity contribution in [3.8, 4) is 5.75 Å². The van der Waals surface area contributed by atoms with Gasteiger partial charge in [0.05, 0.1) is 6.21 Å². The van der Waals surface area contributed by atoms with E-state index in [-0.39, 0.29) is 5.75 Å². The standard InChI is InChI=1S/C18H19N3OS/c22-17-10-5-4-9-16(17)13-19-20-18-21(11-6-12-23-18)14-15-7-2-1-3-8-15/h1-5,7-10,13,22H,6,11-12,14H2/b19-13+,20-18-. The fourth-order valence-corrected chi connectivity index (χ4v) is 3.28. The van der Waals surface area contributed by atoms with Gasteiger partial charge in [-0.1, -0.05) is 54.2 Å². The highest BCUT2D eigenvalue weighted by atomic mass is 32.2. The van der Waals surface area contributed by atoms with Gasteiger partial charge < -0.3 is 10.0 Å². The number of rotatable bonds is 4. The van der Waals surface area contributed by atoms with Crippen LogP contribution in [0.4, 0.5) is 0 Å². The van der Waals surface area contributed by atoms with Crippen molar-refractivity contribution in [2.75, 3.05) is 12.3 Å². The Morgan fingerprint density at radius 1 is 1.09 bits per heavy atom. The summed E-state index contributed by atoms with van der Waals surface area (Å²) in [4.78, 5) is 2.26. The average Bonchev–Trinajstić information content (AvgIpc) is 2.59. The Labute approximate surface area is 140 Å². The second-order valence-corrected chi connectivity index (χ2v) is 6.36. The first-order valence-corrected chi connectivity index (χ1v) is 8.62. The summed E-state index contributed by atoms with van der Waals surface area (Å²) in [6, 6.07) is 17.5. The molecule has 0 unspecified atom stereocenters. The highest BCUT2D eigenvalue weighted by Crippen LogP contribution is 2.20. The molecule has 3 rings (SSSR count). The summed E-state index contributed by atoms with van der Waals surface area (Å²) in [5, 5.41) is 19.2. The van der Waals surface area contributed by atoms with Crippen LogP contribution in [0, 0.1) is 0 Å². The minimum absolute atomic E-state index is 0.217. The van der Waals surface area contributed by atoms with E-state index in [4.69, 9.17) is 0 Å². The summed E-state index contributed by atoms with van der Waals surface area (Å²) in [6.07, 6.45) is 2.75. The zero-order valence-electron chi connectivity index (χ0n) is 12.8. The molecule has 1 aliphatic rings. The minimum Gasteiger partial charge on any atom is -0.507 e. The minimum atomic E-state index is 0.217. The molecule has 0 saturated carbocycles. The maximum absolute atomic E-state index is 9.74. The molecule has 1 fully saturated rings. The summed E-state index contributed by atoms with van der Waals surface area (Å²) >= 11 is 1.73. The van der Waals surface area contributed by atoms with Gasteiger partial charge in [0.1, 0.15) is 5.75 Å². The number of nitrogens with zero attached hydrogens (tertiary/aromatic N) is 3. The molecule has 1 saturated heterocycles. The predicted octanol–water partition coefficient (Wildman–Crippen LogP) is 3.72. The summed E-state index contributed by atoms with van der Waals surface area (Å²) in [6.45, 7) is 1.84. The summed E-state index contributed by atoms with van der Waals surface area (Å²) in [5.41, 5.74) is 1.94. The quantitative estimate of drug-likeness (QED) is 0.688. The number of benzene rings is 2. The molecule has 4 nitrogen and oxygen atoms in total. The van der Waals surface area contributed by atoms with E-state index in [1.165, 1.54) is 5.56 Å². The number of hydrogen-bond acceptors (Lipinski definition) is 4. The van der Waals surface area contributed by atoms with Gasteiger partial charge in [-0.05, 0) is 24.1 Å². The number of amidine groups is 1. The van der Waals surface area contributed by atoms with E-state index >= 15 is 0 Å². The van der Waals surface area contributed by atoms with Crippen LogP contribution < -0.4 is 0 Å². The molecule has 118 valence electrons. The Kier molecular flexibility index (Phi) is 5.32. The monoisotopic (exact) mass is 325 g/mol. The van der Waals surface area contributed by atoms with Crippen molar-refractivity contribution in [1.29, 1.82) is 0 Å². The molecule has 1 aliphatic heterocycles. The first kappa shape index (κ1) is 15.6. The number of aromatic hydroxyl groups is 1. The SMILES string of the molecule is Oc1ccccc1/C=N/N=C1\SCCCN1Cc1ccccc1. The van der Waals surface area contributed by atoms with Gasteiger partial charge in [-0.3, -0.25) is 0 Å². The van der Waals surface area contributed by atoms with Crippen molar-refractivity contribution in [1.82, 2.24) is 4.90 Å². The van der Waals surface area contributed by atoms with Gasteiger partial charge in [-0.2, -0.15) is 5.10 Å². The first-order chi connectivity index (χ1) is 11.3. The Hall–Kier alpha value is -2.27. The maximum atomic E-state index is 9.74. The number of phenolic OH excluding ortho intramolecular Hbond substituents is 1. The molecule has 2 aromatic carbocycles. The zero-order valence-corrected chi connectivity index (χ0v) is 13.6. The Bertz CT molecular complexity index is 700. The molecule has 0 aliphatic carbocycles. The Morgan fingerprint density at radius 3 is 2.70 bits per heavy atom. The summed E-state index contributed by atoms with van der Waals surface area (Å²) in [5.74, 6) is 1.28. The fourth-order valence-electron chi connectivity index (χ4n) is 2.39. The number of phenols is 1. The number of hydrogen-bond donors (Lipinski definition) is 1. The first-order valence-electron chi connectivity index (χ1n) is 7.63. The largest absolute Gasteiger partial charge is 0.507 e. The lowest BCUT2D eigenvalue weighted by Crippen LogP contribution is -2.33. The van der Waals surface area contributed by atoms with Crippen LogP contribution >= 0.6 is 11.8 Å². The smallest absolute Gasteiger partial charge is 0.186 e. The van der Waals surface area contributed by atoms with Crippen LogP contribution in [0.2, 0.25) is 0 Å². The number of thioether (sulfide) groups is 1. The Morgan fingerprint density at radius 2 is 1.87 bits per heavy atom. The van der Waals surface area contributed by atoms with E-state index in [1.807, 2.05) is 18.2 Å². The lowest BCUT2D eigenvalue weighted by atomic mass is 10.2. The normalized spacial score (nSPS) is 17.0. The van der Waals surface area contributed by atoms with Gasteiger partial charge in [0.25, 0.3) is 0 Å². The van der Waals surface area contributed by atoms with Gasteiger partial charge in [0, 0.05) is 24.4 Å². The topological polar surface area (TPSA) is 48.2 Å². The highest BCUT2D eigenvalue weighted by Gasteiger charge is 2.17. The molecule has 23 heavy (non-hydrogen) atoms. The van der Waals surface area contributed by atoms with Crippen LogP contribution in [0.1, 0.15) is 17.5 Å². The van der Waals surface area contributed by atoms with Crippen LogP contribution in [0.3, 0.4) is 0 Å². The van der Waals surface area contributed by atoms with Crippen molar-refractivity contribution in [3.05, 3.63) is 65.7 Å². The summed E-state index contributed by atoms with van der Waals surface area (Å²) in [7, 11) is 0. The molecule has 1 heterocycles. The van der Waals surface area contributed by atoms with Gasteiger partial charge in [0.15, 0.2) is 5.17 Å². The van der Waals surface area contributed by atoms with E-state index in [2.05, 4.69) is 39.4 Å². The molecule has 0 atom stereocenters. The second kappa shape index (κ2) is 7.83. The number of para-hydroxylation sites is 1. The van der Waals surface area contributed by atoms with Crippen molar-refractivity contribution >= 4 is 23.1 Å². The molecule has 0 aromatic heterocycles. The third-order valence-electron chi connectivity index (χ3n) is 3.57. The van der Waals surface area contributed by atoms with Gasteiger partial charge >= 0.3 is 0 Å². The van der Waals surface area contributed by atoms with Gasteiger partial charge in [-0.15, -0.1) is 5.10 Å². The van der Waals surface area contributed by atoms with Gasteiger partial charge in [0.2, 0.25) is 0 Å². The van der Waals surface area contributed by atoms with Crippen molar-refractivity contribution in [2.24, 2.45) is 10.2 Å². The van der Waals surface area contributed by atoms with E-state index < -0.39 is 0 Å². The fraction of sp³-hybridized carbons (Fsp3) is 0.222. The zero-order chi connectivity index (χ0) is 15.9. The average molecular weight is 325 g/mol. The van der Waals surface area contributed by atoms with Crippen LogP contribution in [0.25, 0.3) is 0 Å². The van der Waals surface area contributed by atoms with Gasteiger partial charge in [-0.25, -0.2) is 0 Å². The van der Waals surface area contributed by atoms with E-state index in [0.717, 1.165) is 30.4 Å². The van der Waals surface area contributed by atoms with Crippen molar-refractivity contribution in [3.63, 3.8) is 0 Å². The third-order valence-corrected chi connectivity index (χ3v) is 4.66. The summed E-state index contributed by atoms with van der Waals surface area (Å²) < 4.78 is 0. The molecule has 0 bridgehead atoms. The third kappa shape index (κ3) is 4.36. The van der Waals surface area contributed by atoms with Crippen LogP contribution in [-0.4, -0.2) is 33.7 Å². The highest BCUT2D eigenvalue weighted by molar-refractivity contribution is 8.13. The molecule has 0 amide bonds. The molecule has 5 heteroatoms. The van der Waals surface area contributed by atoms with Crippen molar-refractivity contribution in [2.45, 2.75) is 13.0 Å². The van der Waals surface area contributed by atoms with Crippen LogP contribution in [0.5, 0.6) is 5.75 Å². The second-order valence-electron chi connectivity index (χ2n) is 5.30. The van der Waals surface area contributed by atoms with E-state index in [0.29, 0.717) is 5.56 Å². The molecular weight excluding hydrogens is 306 g/mol. The van der Waals surface area contributed by atoms with Crippen LogP contribution in [-0.2, 0) is 6.54 Å². The predicted molar refractivity (Wildman–Crippen MR) is 97.1 cm³/mol. The molecule has 0 radical (unpaired) electrons. The van der Waals surface area contributed by atoms with Crippen molar-refractivity contribution < 1.29 is 5.11 Å². The maximum Gasteiger partial charge on any atom is 0.186 e. The lowest BCUT2D eigenvalue weighted by molar-refractivity contribution is 0.415. The molecule has 0 spiro atoms. The van der Waals surface area contributed by atoms with Crippen LogP contribution in [0.15, 0.2) is 64.8 Å².